The minimum Gasteiger partial charge on any atom is -0.343 e. The van der Waals surface area contributed by atoms with Gasteiger partial charge in [0, 0.05) is 0 Å². The number of piperidine rings is 1. The number of alkyl halides is 3. The van der Waals surface area contributed by atoms with Crippen molar-refractivity contribution in [1.29, 1.82) is 0 Å². The molecule has 1 aliphatic heterocycles. The first-order valence-electron chi connectivity index (χ1n) is 3.54. The van der Waals surface area contributed by atoms with Gasteiger partial charge in [-0.1, -0.05) is 0 Å². The zero-order valence-corrected chi connectivity index (χ0v) is 7.41. The van der Waals surface area contributed by atoms with Crippen LogP contribution in [0.25, 0.3) is 0 Å². The van der Waals surface area contributed by atoms with Crippen molar-refractivity contribution in [2.45, 2.75) is 31.1 Å². The molecular weight excluding hydrogens is 209 g/mol. The highest BCUT2D eigenvalue weighted by molar-refractivity contribution is 5.85. The van der Waals surface area contributed by atoms with Crippen LogP contribution in [0.15, 0.2) is 0 Å². The van der Waals surface area contributed by atoms with E-state index in [1.807, 2.05) is 5.32 Å². The summed E-state index contributed by atoms with van der Waals surface area (Å²) in [4.78, 5) is 10.7. The molecule has 1 heterocycles. The van der Waals surface area contributed by atoms with Gasteiger partial charge in [0.15, 0.2) is 0 Å². The highest BCUT2D eigenvalue weighted by atomic mass is 35.5. The number of hydrogen-bond donors (Lipinski definition) is 2. The molecule has 2 atom stereocenters. The molecular formula is C6H10ClF3N2O. The molecule has 0 bridgehead atoms. The number of amides is 1. The third-order valence-corrected chi connectivity index (χ3v) is 1.81. The Hall–Kier alpha value is -0.490. The molecule has 7 heteroatoms. The molecule has 3 nitrogen and oxygen atoms in total. The van der Waals surface area contributed by atoms with Crippen LogP contribution in [0, 0.1) is 0 Å². The van der Waals surface area contributed by atoms with E-state index in [4.69, 9.17) is 5.73 Å². The van der Waals surface area contributed by atoms with Crippen molar-refractivity contribution in [3.63, 3.8) is 0 Å². The van der Waals surface area contributed by atoms with E-state index < -0.39 is 24.2 Å². The van der Waals surface area contributed by atoms with E-state index in [0.717, 1.165) is 0 Å². The van der Waals surface area contributed by atoms with E-state index in [-0.39, 0.29) is 25.2 Å². The lowest BCUT2D eigenvalue weighted by Gasteiger charge is -2.28. The van der Waals surface area contributed by atoms with Crippen molar-refractivity contribution < 1.29 is 18.0 Å². The summed E-state index contributed by atoms with van der Waals surface area (Å²) < 4.78 is 36.0. The van der Waals surface area contributed by atoms with E-state index in [1.54, 1.807) is 0 Å². The van der Waals surface area contributed by atoms with Gasteiger partial charge in [-0.2, -0.15) is 13.2 Å². The van der Waals surface area contributed by atoms with Crippen molar-refractivity contribution in [1.82, 2.24) is 5.32 Å². The van der Waals surface area contributed by atoms with Crippen LogP contribution >= 0.6 is 12.4 Å². The van der Waals surface area contributed by atoms with Gasteiger partial charge < -0.3 is 11.1 Å². The molecule has 1 rings (SSSR count). The Labute approximate surface area is 79.3 Å². The normalized spacial score (nSPS) is 29.1. The summed E-state index contributed by atoms with van der Waals surface area (Å²) in [5, 5.41) is 1.82. The summed E-state index contributed by atoms with van der Waals surface area (Å²) in [6.45, 7) is 0. The fraction of sp³-hybridized carbons (Fsp3) is 0.833. The molecule has 0 aromatic heterocycles. The molecule has 0 unspecified atom stereocenters. The van der Waals surface area contributed by atoms with Crippen molar-refractivity contribution in [2.75, 3.05) is 0 Å². The van der Waals surface area contributed by atoms with Crippen LogP contribution in [-0.2, 0) is 4.79 Å². The lowest BCUT2D eigenvalue weighted by Crippen LogP contribution is -2.55. The van der Waals surface area contributed by atoms with Crippen molar-refractivity contribution in [2.24, 2.45) is 5.73 Å². The zero-order valence-electron chi connectivity index (χ0n) is 6.60. The maximum Gasteiger partial charge on any atom is 0.408 e. The van der Waals surface area contributed by atoms with Crippen molar-refractivity contribution >= 4 is 18.3 Å². The maximum absolute atomic E-state index is 12.0. The summed E-state index contributed by atoms with van der Waals surface area (Å²) in [7, 11) is 0. The molecule has 1 saturated heterocycles. The molecule has 0 saturated carbocycles. The summed E-state index contributed by atoms with van der Waals surface area (Å²) in [5.41, 5.74) is 5.20. The fourth-order valence-corrected chi connectivity index (χ4v) is 1.07. The van der Waals surface area contributed by atoms with E-state index in [9.17, 15) is 18.0 Å². The Morgan fingerprint density at radius 1 is 1.38 bits per heavy atom. The Balaban J connectivity index is 0.00000144. The Morgan fingerprint density at radius 3 is 2.31 bits per heavy atom. The van der Waals surface area contributed by atoms with Gasteiger partial charge in [0.25, 0.3) is 0 Å². The summed E-state index contributed by atoms with van der Waals surface area (Å²) in [6.07, 6.45) is -4.39. The van der Waals surface area contributed by atoms with Crippen LogP contribution in [-0.4, -0.2) is 24.2 Å². The molecule has 1 aliphatic rings. The number of rotatable bonds is 0. The predicted octanol–water partition coefficient (Wildman–Crippen LogP) is 0.576. The number of halogens is 4. The number of carbonyl (C=O) groups is 1. The summed E-state index contributed by atoms with van der Waals surface area (Å²) in [6, 6.07) is -2.51. The average Bonchev–Trinajstić information content (AvgIpc) is 1.92. The van der Waals surface area contributed by atoms with Crippen LogP contribution in [0.2, 0.25) is 0 Å². The molecule has 0 aromatic carbocycles. The first-order valence-corrected chi connectivity index (χ1v) is 3.54. The Kier molecular flexibility index (Phi) is 3.99. The second kappa shape index (κ2) is 4.15. The molecule has 3 N–H and O–H groups in total. The lowest BCUT2D eigenvalue weighted by molar-refractivity contribution is -0.167. The van der Waals surface area contributed by atoms with E-state index >= 15 is 0 Å². The van der Waals surface area contributed by atoms with Gasteiger partial charge in [0.05, 0.1) is 6.04 Å². The monoisotopic (exact) mass is 218 g/mol. The molecule has 0 spiro atoms. The minimum absolute atomic E-state index is 0. The van der Waals surface area contributed by atoms with Gasteiger partial charge >= 0.3 is 6.18 Å². The quantitative estimate of drug-likeness (QED) is 0.625. The largest absolute Gasteiger partial charge is 0.408 e. The topological polar surface area (TPSA) is 55.1 Å². The third kappa shape index (κ3) is 3.04. The van der Waals surface area contributed by atoms with Crippen LogP contribution in [0.3, 0.4) is 0 Å². The first kappa shape index (κ1) is 12.5. The highest BCUT2D eigenvalue weighted by Gasteiger charge is 2.43. The van der Waals surface area contributed by atoms with Gasteiger partial charge in [-0.05, 0) is 12.8 Å². The smallest absolute Gasteiger partial charge is 0.343 e. The molecule has 78 valence electrons. The highest BCUT2D eigenvalue weighted by Crippen LogP contribution is 2.25. The second-order valence-electron chi connectivity index (χ2n) is 2.79. The zero-order chi connectivity index (χ0) is 9.35. The van der Waals surface area contributed by atoms with Gasteiger partial charge in [0.1, 0.15) is 6.04 Å². The number of nitrogens with one attached hydrogen (secondary N) is 1. The molecule has 0 aliphatic carbocycles. The first-order chi connectivity index (χ1) is 5.41. The molecule has 0 aromatic rings. The van der Waals surface area contributed by atoms with E-state index in [2.05, 4.69) is 0 Å². The predicted molar refractivity (Wildman–Crippen MR) is 42.4 cm³/mol. The van der Waals surface area contributed by atoms with Crippen LogP contribution in [0.5, 0.6) is 0 Å². The van der Waals surface area contributed by atoms with Gasteiger partial charge in [-0.15, -0.1) is 12.4 Å². The minimum atomic E-state index is -4.35. The maximum atomic E-state index is 12.0. The van der Waals surface area contributed by atoms with Crippen LogP contribution in [0.1, 0.15) is 12.8 Å². The Bertz CT molecular complexity index is 197. The standard InChI is InChI=1S/C6H9F3N2O.ClH/c7-6(8,9)4-2-1-3(10)5(12)11-4;/h3-4H,1-2,10H2,(H,11,12);1H/t3-,4-;/m1./s1. The third-order valence-electron chi connectivity index (χ3n) is 1.81. The van der Waals surface area contributed by atoms with Crippen LogP contribution in [0.4, 0.5) is 13.2 Å². The summed E-state index contributed by atoms with van der Waals surface area (Å²) in [5.74, 6) is -0.719. The van der Waals surface area contributed by atoms with E-state index in [0.29, 0.717) is 0 Å². The molecule has 13 heavy (non-hydrogen) atoms. The summed E-state index contributed by atoms with van der Waals surface area (Å²) >= 11 is 0. The lowest BCUT2D eigenvalue weighted by atomic mass is 10.0. The molecule has 1 amide bonds. The Morgan fingerprint density at radius 2 is 1.92 bits per heavy atom. The number of carbonyl (C=O) groups excluding carboxylic acids is 1. The van der Waals surface area contributed by atoms with Gasteiger partial charge in [-0.3, -0.25) is 4.79 Å². The number of hydrogen-bond acceptors (Lipinski definition) is 2. The molecule has 0 radical (unpaired) electrons. The van der Waals surface area contributed by atoms with E-state index in [1.165, 1.54) is 0 Å². The molecule has 1 fully saturated rings. The van der Waals surface area contributed by atoms with Crippen molar-refractivity contribution in [3.05, 3.63) is 0 Å². The fourth-order valence-electron chi connectivity index (χ4n) is 1.07. The van der Waals surface area contributed by atoms with Gasteiger partial charge in [0.2, 0.25) is 5.91 Å². The number of nitrogens with two attached hydrogens (primary N) is 1. The second-order valence-corrected chi connectivity index (χ2v) is 2.79. The van der Waals surface area contributed by atoms with Crippen molar-refractivity contribution in [3.8, 4) is 0 Å². The van der Waals surface area contributed by atoms with Gasteiger partial charge in [-0.25, -0.2) is 0 Å². The average molecular weight is 219 g/mol. The SMILES string of the molecule is Cl.N[C@@H]1CC[C@H](C(F)(F)F)NC1=O. The van der Waals surface area contributed by atoms with Crippen LogP contribution < -0.4 is 11.1 Å².